The second-order valence-electron chi connectivity index (χ2n) is 15.1. The maximum absolute atomic E-state index is 6.67. The van der Waals surface area contributed by atoms with Gasteiger partial charge in [0.25, 0.3) is 0 Å². The van der Waals surface area contributed by atoms with Gasteiger partial charge in [0, 0.05) is 42.4 Å². The molecule has 10 aromatic rings. The fraction of sp³-hybridized carbons (Fsp3) is 0.0377. The van der Waals surface area contributed by atoms with E-state index in [1.807, 2.05) is 18.2 Å². The molecule has 2 atom stereocenters. The predicted molar refractivity (Wildman–Crippen MR) is 240 cm³/mol. The molecule has 2 unspecified atom stereocenters. The van der Waals surface area contributed by atoms with E-state index in [9.17, 15) is 0 Å². The van der Waals surface area contributed by atoms with Gasteiger partial charge in [0.1, 0.15) is 11.9 Å². The number of ether oxygens (including phenoxy) is 1. The van der Waals surface area contributed by atoms with E-state index in [1.165, 1.54) is 53.2 Å². The maximum Gasteiger partial charge on any atom is 0.165 e. The molecule has 1 aliphatic carbocycles. The number of hydrogen-bond donors (Lipinski definition) is 0. The van der Waals surface area contributed by atoms with Crippen molar-refractivity contribution in [3.8, 4) is 51.0 Å². The van der Waals surface area contributed by atoms with E-state index in [0.717, 1.165) is 38.8 Å². The van der Waals surface area contributed by atoms with Crippen molar-refractivity contribution in [1.29, 1.82) is 0 Å². The van der Waals surface area contributed by atoms with Crippen LogP contribution in [-0.4, -0.2) is 21.1 Å². The average molecular weight is 760 g/mol. The number of nitrogens with zero attached hydrogens (tertiary/aromatic N) is 3. The van der Waals surface area contributed by atoms with Gasteiger partial charge in [0.15, 0.2) is 17.5 Å². The summed E-state index contributed by atoms with van der Waals surface area (Å²) in [5, 5.41) is 7.23. The van der Waals surface area contributed by atoms with E-state index >= 15 is 0 Å². The lowest BCUT2D eigenvalue weighted by molar-refractivity contribution is 0.272. The van der Waals surface area contributed by atoms with E-state index in [2.05, 4.69) is 170 Å². The molecule has 0 radical (unpaired) electrons. The number of rotatable bonds is 5. The molecule has 5 heteroatoms. The zero-order valence-electron chi connectivity index (χ0n) is 31.2. The number of allylic oxidation sites excluding steroid dienone is 2. The monoisotopic (exact) mass is 759 g/mol. The van der Waals surface area contributed by atoms with Crippen molar-refractivity contribution in [3.05, 3.63) is 199 Å². The van der Waals surface area contributed by atoms with Crippen LogP contribution in [0.2, 0.25) is 0 Å². The molecule has 1 aliphatic heterocycles. The lowest BCUT2D eigenvalue weighted by atomic mass is 9.80. The summed E-state index contributed by atoms with van der Waals surface area (Å²) < 4.78 is 9.10. The second-order valence-corrected chi connectivity index (χ2v) is 16.2. The van der Waals surface area contributed by atoms with Crippen LogP contribution in [0.15, 0.2) is 188 Å². The summed E-state index contributed by atoms with van der Waals surface area (Å²) >= 11 is 1.79. The Bertz CT molecular complexity index is 3350. The van der Waals surface area contributed by atoms with Gasteiger partial charge >= 0.3 is 0 Å². The Morgan fingerprint density at radius 1 is 0.466 bits per heavy atom. The lowest BCUT2D eigenvalue weighted by Gasteiger charge is -2.23. The summed E-state index contributed by atoms with van der Waals surface area (Å²) in [4.78, 5) is 15.4. The highest BCUT2D eigenvalue weighted by molar-refractivity contribution is 7.26. The predicted octanol–water partition coefficient (Wildman–Crippen LogP) is 13.7. The van der Waals surface area contributed by atoms with E-state index in [4.69, 9.17) is 19.7 Å². The largest absolute Gasteiger partial charge is 0.485 e. The first-order chi connectivity index (χ1) is 28.7. The molecule has 0 N–H and O–H groups in total. The Balaban J connectivity index is 0.932. The fourth-order valence-corrected chi connectivity index (χ4v) is 10.0. The number of benzene rings is 8. The van der Waals surface area contributed by atoms with Crippen LogP contribution in [0.5, 0.6) is 5.75 Å². The van der Waals surface area contributed by atoms with E-state index in [-0.39, 0.29) is 12.0 Å². The topological polar surface area (TPSA) is 47.9 Å². The van der Waals surface area contributed by atoms with Gasteiger partial charge < -0.3 is 4.74 Å². The van der Waals surface area contributed by atoms with Crippen molar-refractivity contribution in [2.24, 2.45) is 0 Å². The number of aromatic nitrogens is 3. The molecule has 58 heavy (non-hydrogen) atoms. The highest BCUT2D eigenvalue weighted by Crippen LogP contribution is 2.49. The van der Waals surface area contributed by atoms with Gasteiger partial charge in [0.2, 0.25) is 0 Å². The van der Waals surface area contributed by atoms with E-state index in [0.29, 0.717) is 17.5 Å². The summed E-state index contributed by atoms with van der Waals surface area (Å²) in [7, 11) is 0. The number of fused-ring (bicyclic) bond motifs is 8. The summed E-state index contributed by atoms with van der Waals surface area (Å²) in [6.45, 7) is 0. The Morgan fingerprint density at radius 2 is 1.12 bits per heavy atom. The Labute approximate surface area is 339 Å². The number of hydrogen-bond acceptors (Lipinski definition) is 5. The SMILES string of the molecule is C1=CC2Oc3cc(-c4ccc5ccccc5c4)ccc3C2C(c2ccc3ccc(-c4nc(-c5ccccc5)nc(-c5cccc6c5sc5ccccc56)n4)cc3c2)=C1. The standard InChI is InChI=1S/C53H33N3OS/c1-2-11-34(12-3-1)51-54-52(56-53(55-51)45-17-8-16-43-42-14-6-7-19-48(42)58-50(43)45)39-25-22-33-21-24-38(29-40(33)30-39)41-15-9-18-46-49(41)44-27-26-37(31-47(44)57-46)36-23-20-32-10-4-5-13-35(32)28-36/h1-31,46,49H. The van der Waals surface area contributed by atoms with Crippen molar-refractivity contribution < 1.29 is 4.74 Å². The molecule has 272 valence electrons. The summed E-state index contributed by atoms with van der Waals surface area (Å²) in [5.41, 5.74) is 8.91. The zero-order valence-corrected chi connectivity index (χ0v) is 32.0. The highest BCUT2D eigenvalue weighted by Gasteiger charge is 2.37. The highest BCUT2D eigenvalue weighted by atomic mass is 32.1. The van der Waals surface area contributed by atoms with Crippen molar-refractivity contribution in [2.45, 2.75) is 12.0 Å². The smallest absolute Gasteiger partial charge is 0.165 e. The quantitative estimate of drug-likeness (QED) is 0.175. The van der Waals surface area contributed by atoms with Crippen LogP contribution in [0.25, 0.3) is 92.6 Å². The fourth-order valence-electron chi connectivity index (χ4n) is 8.81. The molecule has 0 bridgehead atoms. The first-order valence-corrected chi connectivity index (χ1v) is 20.5. The molecule has 12 rings (SSSR count). The van der Waals surface area contributed by atoms with Crippen molar-refractivity contribution in [2.75, 3.05) is 0 Å². The molecule has 0 amide bonds. The third-order valence-corrected chi connectivity index (χ3v) is 12.9. The number of thiophene rings is 1. The van der Waals surface area contributed by atoms with Gasteiger partial charge in [-0.2, -0.15) is 0 Å². The molecule has 2 aromatic heterocycles. The first kappa shape index (κ1) is 33.0. The van der Waals surface area contributed by atoms with Crippen LogP contribution < -0.4 is 4.74 Å². The molecule has 0 spiro atoms. The van der Waals surface area contributed by atoms with Gasteiger partial charge in [-0.25, -0.2) is 15.0 Å². The van der Waals surface area contributed by atoms with Crippen molar-refractivity contribution in [3.63, 3.8) is 0 Å². The molecule has 0 saturated carbocycles. The third-order valence-electron chi connectivity index (χ3n) is 11.7. The van der Waals surface area contributed by atoms with Crippen molar-refractivity contribution >= 4 is 58.6 Å². The summed E-state index contributed by atoms with van der Waals surface area (Å²) in [6.07, 6.45) is 6.52. The van der Waals surface area contributed by atoms with Crippen LogP contribution in [-0.2, 0) is 0 Å². The molecular weight excluding hydrogens is 727 g/mol. The minimum Gasteiger partial charge on any atom is -0.485 e. The van der Waals surface area contributed by atoms with Crippen molar-refractivity contribution in [1.82, 2.24) is 15.0 Å². The minimum atomic E-state index is -0.0608. The molecule has 3 heterocycles. The molecule has 0 saturated heterocycles. The summed E-state index contributed by atoms with van der Waals surface area (Å²) in [5.74, 6) is 3.02. The third kappa shape index (κ3) is 5.47. The average Bonchev–Trinajstić information content (AvgIpc) is 3.87. The van der Waals surface area contributed by atoms with Crippen LogP contribution in [0, 0.1) is 0 Å². The molecular formula is C53H33N3OS. The van der Waals surface area contributed by atoms with Crippen LogP contribution >= 0.6 is 11.3 Å². The van der Waals surface area contributed by atoms with Gasteiger partial charge in [-0.3, -0.25) is 0 Å². The maximum atomic E-state index is 6.67. The molecule has 0 fully saturated rings. The van der Waals surface area contributed by atoms with Gasteiger partial charge in [-0.05, 0) is 86.3 Å². The van der Waals surface area contributed by atoms with Crippen LogP contribution in [0.3, 0.4) is 0 Å². The zero-order chi connectivity index (χ0) is 38.2. The van der Waals surface area contributed by atoms with E-state index in [1.54, 1.807) is 11.3 Å². The van der Waals surface area contributed by atoms with Crippen LogP contribution in [0.4, 0.5) is 0 Å². The van der Waals surface area contributed by atoms with Gasteiger partial charge in [-0.1, -0.05) is 146 Å². The minimum absolute atomic E-state index is 0.0608. The Hall–Kier alpha value is -7.21. The van der Waals surface area contributed by atoms with Crippen LogP contribution in [0.1, 0.15) is 17.0 Å². The Kier molecular flexibility index (Phi) is 7.50. The second kappa shape index (κ2) is 13.2. The van der Waals surface area contributed by atoms with E-state index < -0.39 is 0 Å². The Morgan fingerprint density at radius 3 is 2.02 bits per heavy atom. The molecule has 2 aliphatic rings. The summed E-state index contributed by atoms with van der Waals surface area (Å²) in [6, 6.07) is 60.4. The molecule has 4 nitrogen and oxygen atoms in total. The van der Waals surface area contributed by atoms with Gasteiger partial charge in [0.05, 0.1) is 5.92 Å². The van der Waals surface area contributed by atoms with Gasteiger partial charge in [-0.15, -0.1) is 11.3 Å². The molecule has 8 aromatic carbocycles. The lowest BCUT2D eigenvalue weighted by Crippen LogP contribution is -2.19. The first-order valence-electron chi connectivity index (χ1n) is 19.7. The normalized spacial score (nSPS) is 15.8.